The number of rotatable bonds is 6. The number of nitrogens with zero attached hydrogens (tertiary/aromatic N) is 2. The first kappa shape index (κ1) is 18.9. The molecule has 0 bridgehead atoms. The third kappa shape index (κ3) is 4.21. The Morgan fingerprint density at radius 3 is 2.79 bits per heavy atom. The quantitative estimate of drug-likeness (QED) is 0.364. The Bertz CT molecular complexity index is 1180. The number of aromatic amines is 1. The van der Waals surface area contributed by atoms with Crippen LogP contribution in [0.15, 0.2) is 71.0 Å². The van der Waals surface area contributed by atoms with Gasteiger partial charge in [-0.05, 0) is 29.6 Å². The van der Waals surface area contributed by atoms with E-state index in [1.807, 2.05) is 41.8 Å². The van der Waals surface area contributed by atoms with Crippen molar-refractivity contribution in [2.45, 2.75) is 0 Å². The minimum atomic E-state index is -0.637. The van der Waals surface area contributed by atoms with E-state index in [4.69, 9.17) is 17.3 Å². The van der Waals surface area contributed by atoms with Crippen LogP contribution >= 0.6 is 22.9 Å². The fraction of sp³-hybridized carbons (Fsp3) is 0. The summed E-state index contributed by atoms with van der Waals surface area (Å²) in [6.07, 6.45) is 1.69. The van der Waals surface area contributed by atoms with Gasteiger partial charge >= 0.3 is 0 Å². The summed E-state index contributed by atoms with van der Waals surface area (Å²) >= 11 is 7.66. The van der Waals surface area contributed by atoms with Crippen LogP contribution in [0.1, 0.15) is 15.9 Å². The van der Waals surface area contributed by atoms with Gasteiger partial charge in [0.1, 0.15) is 5.56 Å². The van der Waals surface area contributed by atoms with E-state index in [0.717, 1.165) is 16.0 Å². The number of halogens is 1. The molecule has 0 radical (unpaired) electrons. The van der Waals surface area contributed by atoms with Crippen LogP contribution < -0.4 is 11.1 Å². The molecule has 0 saturated heterocycles. The van der Waals surface area contributed by atoms with E-state index >= 15 is 0 Å². The van der Waals surface area contributed by atoms with Gasteiger partial charge in [0.15, 0.2) is 11.6 Å². The monoisotopic (exact) mass is 421 g/mol. The van der Waals surface area contributed by atoms with Gasteiger partial charge in [0.05, 0.1) is 0 Å². The SMILES string of the molecule is NC(=O)c1c(Nc2cccc(Cl)c2)n[nH]c1/N=C/c1ccccc1-c1cccs1. The van der Waals surface area contributed by atoms with Crippen LogP contribution in [0.3, 0.4) is 0 Å². The van der Waals surface area contributed by atoms with Crippen LogP contribution in [0, 0.1) is 0 Å². The van der Waals surface area contributed by atoms with E-state index < -0.39 is 5.91 Å². The molecule has 1 amide bonds. The summed E-state index contributed by atoms with van der Waals surface area (Å²) in [6, 6.07) is 19.0. The van der Waals surface area contributed by atoms with Crippen LogP contribution in [0.25, 0.3) is 10.4 Å². The number of H-pyrrole nitrogens is 1. The van der Waals surface area contributed by atoms with Crippen molar-refractivity contribution in [1.82, 2.24) is 10.2 Å². The zero-order valence-electron chi connectivity index (χ0n) is 15.1. The van der Waals surface area contributed by atoms with Gasteiger partial charge in [0.25, 0.3) is 5.91 Å². The predicted octanol–water partition coefficient (Wildman–Crippen LogP) is 5.38. The largest absolute Gasteiger partial charge is 0.365 e. The first-order valence-electron chi connectivity index (χ1n) is 8.69. The molecule has 6 nitrogen and oxygen atoms in total. The third-order valence-electron chi connectivity index (χ3n) is 4.16. The smallest absolute Gasteiger partial charge is 0.256 e. The molecule has 8 heteroatoms. The summed E-state index contributed by atoms with van der Waals surface area (Å²) in [4.78, 5) is 17.6. The minimum Gasteiger partial charge on any atom is -0.365 e. The van der Waals surface area contributed by atoms with Crippen molar-refractivity contribution < 1.29 is 4.79 Å². The van der Waals surface area contributed by atoms with Crippen LogP contribution in [0.5, 0.6) is 0 Å². The van der Waals surface area contributed by atoms with Crippen molar-refractivity contribution in [3.05, 3.63) is 82.2 Å². The summed E-state index contributed by atoms with van der Waals surface area (Å²) in [6.45, 7) is 0. The molecule has 4 aromatic rings. The van der Waals surface area contributed by atoms with Gasteiger partial charge < -0.3 is 11.1 Å². The molecule has 2 aromatic heterocycles. The molecule has 0 aliphatic heterocycles. The number of hydrogen-bond acceptors (Lipinski definition) is 5. The Balaban J connectivity index is 1.67. The Labute approximate surface area is 176 Å². The van der Waals surface area contributed by atoms with Gasteiger partial charge in [-0.3, -0.25) is 9.89 Å². The number of primary amides is 1. The van der Waals surface area contributed by atoms with Crippen molar-refractivity contribution in [3.63, 3.8) is 0 Å². The summed E-state index contributed by atoms with van der Waals surface area (Å²) in [5.74, 6) is -0.0663. The fourth-order valence-electron chi connectivity index (χ4n) is 2.85. The second kappa shape index (κ2) is 8.30. The number of aliphatic imine (C=N–C) groups is 1. The molecule has 2 heterocycles. The highest BCUT2D eigenvalue weighted by Gasteiger charge is 2.18. The molecule has 0 aliphatic carbocycles. The second-order valence-electron chi connectivity index (χ2n) is 6.12. The summed E-state index contributed by atoms with van der Waals surface area (Å²) < 4.78 is 0. The van der Waals surface area contributed by atoms with E-state index in [0.29, 0.717) is 16.5 Å². The van der Waals surface area contributed by atoms with Crippen molar-refractivity contribution in [3.8, 4) is 10.4 Å². The minimum absolute atomic E-state index is 0.176. The molecule has 0 fully saturated rings. The lowest BCUT2D eigenvalue weighted by molar-refractivity contribution is 0.100. The lowest BCUT2D eigenvalue weighted by Gasteiger charge is -2.05. The van der Waals surface area contributed by atoms with Crippen LogP contribution in [0.4, 0.5) is 17.3 Å². The summed E-state index contributed by atoms with van der Waals surface area (Å²) in [7, 11) is 0. The van der Waals surface area contributed by atoms with Gasteiger partial charge in [-0.2, -0.15) is 5.10 Å². The van der Waals surface area contributed by atoms with Crippen LogP contribution in [-0.2, 0) is 0 Å². The lowest BCUT2D eigenvalue weighted by atomic mass is 10.1. The van der Waals surface area contributed by atoms with Crippen LogP contribution in [-0.4, -0.2) is 22.3 Å². The highest BCUT2D eigenvalue weighted by molar-refractivity contribution is 7.13. The van der Waals surface area contributed by atoms with Crippen molar-refractivity contribution in [2.24, 2.45) is 10.7 Å². The first-order chi connectivity index (χ1) is 14.1. The number of anilines is 2. The predicted molar refractivity (Wildman–Crippen MR) is 119 cm³/mol. The number of carbonyl (C=O) groups excluding carboxylic acids is 1. The zero-order valence-corrected chi connectivity index (χ0v) is 16.7. The molecule has 0 spiro atoms. The number of thiophene rings is 1. The Morgan fingerprint density at radius 2 is 2.03 bits per heavy atom. The van der Waals surface area contributed by atoms with E-state index in [2.05, 4.69) is 26.6 Å². The Morgan fingerprint density at radius 1 is 1.17 bits per heavy atom. The molecule has 4 rings (SSSR count). The summed E-state index contributed by atoms with van der Waals surface area (Å²) in [5, 5.41) is 12.6. The van der Waals surface area contributed by atoms with Gasteiger partial charge in [0.2, 0.25) is 0 Å². The van der Waals surface area contributed by atoms with Gasteiger partial charge in [-0.15, -0.1) is 11.3 Å². The topological polar surface area (TPSA) is 96.2 Å². The molecule has 4 N–H and O–H groups in total. The average molecular weight is 422 g/mol. The molecule has 0 aliphatic rings. The molecule has 0 unspecified atom stereocenters. The number of aromatic nitrogens is 2. The van der Waals surface area contributed by atoms with Gasteiger partial charge in [0, 0.05) is 32.9 Å². The van der Waals surface area contributed by atoms with E-state index in [9.17, 15) is 4.79 Å². The molecule has 29 heavy (non-hydrogen) atoms. The van der Waals surface area contributed by atoms with E-state index in [1.54, 1.807) is 35.8 Å². The number of carbonyl (C=O) groups is 1. The number of nitrogens with one attached hydrogen (secondary N) is 2. The Kier molecular flexibility index (Phi) is 5.41. The first-order valence-corrected chi connectivity index (χ1v) is 9.95. The van der Waals surface area contributed by atoms with E-state index in [1.165, 1.54) is 0 Å². The highest BCUT2D eigenvalue weighted by atomic mass is 35.5. The Hall–Kier alpha value is -3.42. The van der Waals surface area contributed by atoms with Gasteiger partial charge in [-0.25, -0.2) is 4.99 Å². The van der Waals surface area contributed by atoms with Crippen molar-refractivity contribution >= 4 is 52.4 Å². The molecule has 2 aromatic carbocycles. The maximum absolute atomic E-state index is 12.0. The third-order valence-corrected chi connectivity index (χ3v) is 5.30. The molecular formula is C21H16ClN5OS. The average Bonchev–Trinajstić information content (AvgIpc) is 3.37. The van der Waals surface area contributed by atoms with Crippen LogP contribution in [0.2, 0.25) is 5.02 Å². The van der Waals surface area contributed by atoms with Crippen molar-refractivity contribution in [2.75, 3.05) is 5.32 Å². The maximum Gasteiger partial charge on any atom is 0.256 e. The standard InChI is InChI=1S/C21H16ClN5OS/c22-14-6-3-7-15(11-14)25-21-18(19(23)28)20(26-27-21)24-12-13-5-1-2-8-16(13)17-9-4-10-29-17/h1-12H,(H2,23,28)(H2,25,26,27)/b24-12+. The van der Waals surface area contributed by atoms with Crippen molar-refractivity contribution in [1.29, 1.82) is 0 Å². The molecular weight excluding hydrogens is 406 g/mol. The van der Waals surface area contributed by atoms with Gasteiger partial charge in [-0.1, -0.05) is 48.0 Å². The molecule has 144 valence electrons. The number of hydrogen-bond donors (Lipinski definition) is 3. The maximum atomic E-state index is 12.0. The lowest BCUT2D eigenvalue weighted by Crippen LogP contribution is -2.12. The van der Waals surface area contributed by atoms with E-state index in [-0.39, 0.29) is 11.4 Å². The summed E-state index contributed by atoms with van der Waals surface area (Å²) in [5.41, 5.74) is 8.42. The number of benzene rings is 2. The highest BCUT2D eigenvalue weighted by Crippen LogP contribution is 2.29. The number of nitrogens with two attached hydrogens (primary N) is 1. The zero-order chi connectivity index (χ0) is 20.2. The second-order valence-corrected chi connectivity index (χ2v) is 7.50. The normalized spacial score (nSPS) is 11.1. The molecule has 0 atom stereocenters. The fourth-order valence-corrected chi connectivity index (χ4v) is 3.82. The molecule has 0 saturated carbocycles. The number of amides is 1.